The molecule has 0 spiro atoms. The van der Waals surface area contributed by atoms with Crippen LogP contribution in [-0.4, -0.2) is 74.9 Å². The van der Waals surface area contributed by atoms with Gasteiger partial charge in [0.25, 0.3) is 0 Å². The third-order valence-corrected chi connectivity index (χ3v) is 4.33. The van der Waals surface area contributed by atoms with Gasteiger partial charge in [-0.1, -0.05) is 0 Å². The fraction of sp³-hybridized carbons (Fsp3) is 1.00. The molecule has 0 aromatic carbocycles. The minimum absolute atomic E-state index is 0.110. The van der Waals surface area contributed by atoms with Gasteiger partial charge in [-0.25, -0.2) is 0 Å². The number of likely N-dealkylation sites (tertiary alicyclic amines) is 2. The van der Waals surface area contributed by atoms with Crippen molar-refractivity contribution in [2.45, 2.75) is 52.0 Å². The monoisotopic (exact) mass is 300 g/mol. The Balaban J connectivity index is 1.73. The summed E-state index contributed by atoms with van der Waals surface area (Å²) in [7, 11) is 0. The van der Waals surface area contributed by atoms with Gasteiger partial charge in [0.2, 0.25) is 0 Å². The summed E-state index contributed by atoms with van der Waals surface area (Å²) >= 11 is 0. The first-order valence-electron chi connectivity index (χ1n) is 8.64. The van der Waals surface area contributed by atoms with E-state index in [0.717, 1.165) is 39.4 Å². The van der Waals surface area contributed by atoms with E-state index < -0.39 is 0 Å². The van der Waals surface area contributed by atoms with Crippen molar-refractivity contribution in [3.63, 3.8) is 0 Å². The lowest BCUT2D eigenvalue weighted by Gasteiger charge is -2.30. The lowest BCUT2D eigenvalue weighted by Crippen LogP contribution is -2.42. The second-order valence-electron chi connectivity index (χ2n) is 5.84. The van der Waals surface area contributed by atoms with Crippen molar-refractivity contribution >= 4 is 0 Å². The number of ether oxygens (including phenoxy) is 3. The first-order valence-corrected chi connectivity index (χ1v) is 8.64. The molecule has 0 N–H and O–H groups in total. The second-order valence-corrected chi connectivity index (χ2v) is 5.84. The molecule has 2 fully saturated rings. The van der Waals surface area contributed by atoms with E-state index in [2.05, 4.69) is 23.6 Å². The van der Waals surface area contributed by atoms with E-state index in [4.69, 9.17) is 14.2 Å². The fourth-order valence-corrected chi connectivity index (χ4v) is 3.23. The lowest BCUT2D eigenvalue weighted by atomic mass is 10.4. The van der Waals surface area contributed by atoms with Gasteiger partial charge in [-0.05, 0) is 39.5 Å². The van der Waals surface area contributed by atoms with Gasteiger partial charge in [0.05, 0.1) is 13.2 Å². The van der Waals surface area contributed by atoms with Gasteiger partial charge in [-0.2, -0.15) is 0 Å². The van der Waals surface area contributed by atoms with Crippen LogP contribution in [-0.2, 0) is 14.2 Å². The van der Waals surface area contributed by atoms with Gasteiger partial charge in [-0.3, -0.25) is 9.80 Å². The first kappa shape index (κ1) is 17.2. The van der Waals surface area contributed by atoms with E-state index >= 15 is 0 Å². The van der Waals surface area contributed by atoms with E-state index in [9.17, 15) is 0 Å². The summed E-state index contributed by atoms with van der Waals surface area (Å²) in [6.07, 6.45) is 5.33. The molecule has 0 radical (unpaired) electrons. The Kier molecular flexibility index (Phi) is 7.96. The van der Waals surface area contributed by atoms with E-state index in [1.807, 2.05) is 0 Å². The van der Waals surface area contributed by atoms with Crippen LogP contribution in [0.5, 0.6) is 0 Å². The zero-order valence-electron chi connectivity index (χ0n) is 13.8. The van der Waals surface area contributed by atoms with Gasteiger partial charge < -0.3 is 14.2 Å². The largest absolute Gasteiger partial charge is 0.373 e. The first-order chi connectivity index (χ1) is 10.3. The van der Waals surface area contributed by atoms with Crippen LogP contribution in [0.1, 0.15) is 39.5 Å². The molecule has 2 rings (SSSR count). The van der Waals surface area contributed by atoms with E-state index in [0.29, 0.717) is 13.2 Å². The highest BCUT2D eigenvalue weighted by Crippen LogP contribution is 2.15. The molecule has 124 valence electrons. The molecule has 2 heterocycles. The molecule has 2 aliphatic rings. The van der Waals surface area contributed by atoms with Crippen molar-refractivity contribution in [2.24, 2.45) is 0 Å². The Labute approximate surface area is 129 Å². The molecule has 0 aromatic rings. The molecule has 5 heteroatoms. The van der Waals surface area contributed by atoms with Crippen molar-refractivity contribution in [1.29, 1.82) is 0 Å². The molecule has 2 aliphatic heterocycles. The maximum absolute atomic E-state index is 5.95. The zero-order chi connectivity index (χ0) is 14.9. The van der Waals surface area contributed by atoms with Crippen LogP contribution in [0.25, 0.3) is 0 Å². The zero-order valence-corrected chi connectivity index (χ0v) is 13.8. The summed E-state index contributed by atoms with van der Waals surface area (Å²) in [6.45, 7) is 11.4. The summed E-state index contributed by atoms with van der Waals surface area (Å²) in [4.78, 5) is 4.80. The minimum atomic E-state index is 0.110. The summed E-state index contributed by atoms with van der Waals surface area (Å²) in [5.41, 5.74) is 0. The van der Waals surface area contributed by atoms with Crippen molar-refractivity contribution in [2.75, 3.05) is 52.6 Å². The molecular weight excluding hydrogens is 268 g/mol. The smallest absolute Gasteiger partial charge is 0.134 e. The second kappa shape index (κ2) is 9.74. The molecule has 5 nitrogen and oxygen atoms in total. The highest BCUT2D eigenvalue weighted by atomic mass is 16.6. The van der Waals surface area contributed by atoms with Crippen molar-refractivity contribution < 1.29 is 14.2 Å². The number of hydrogen-bond acceptors (Lipinski definition) is 5. The molecule has 2 atom stereocenters. The predicted molar refractivity (Wildman–Crippen MR) is 83.3 cm³/mol. The van der Waals surface area contributed by atoms with Crippen molar-refractivity contribution in [1.82, 2.24) is 9.80 Å². The highest BCUT2D eigenvalue weighted by molar-refractivity contribution is 4.72. The summed E-state index contributed by atoms with van der Waals surface area (Å²) in [5, 5.41) is 0. The van der Waals surface area contributed by atoms with Crippen molar-refractivity contribution in [3.8, 4) is 0 Å². The molecule has 2 saturated heterocycles. The van der Waals surface area contributed by atoms with Crippen LogP contribution in [0, 0.1) is 0 Å². The van der Waals surface area contributed by atoms with Crippen LogP contribution < -0.4 is 0 Å². The standard InChI is InChI=1S/C16H32N2O3/c1-3-20-15(17-9-5-6-10-17)13-19-14-16(21-4-2)18-11-7-8-12-18/h15-16H,3-14H2,1-2H3. The van der Waals surface area contributed by atoms with Crippen molar-refractivity contribution in [3.05, 3.63) is 0 Å². The van der Waals surface area contributed by atoms with Gasteiger partial charge in [0, 0.05) is 39.4 Å². The molecule has 0 bridgehead atoms. The topological polar surface area (TPSA) is 34.2 Å². The molecule has 0 amide bonds. The summed E-state index contributed by atoms with van der Waals surface area (Å²) in [6, 6.07) is 0. The highest BCUT2D eigenvalue weighted by Gasteiger charge is 2.25. The van der Waals surface area contributed by atoms with Crippen LogP contribution in [0.3, 0.4) is 0 Å². The number of nitrogens with zero attached hydrogens (tertiary/aromatic N) is 2. The lowest BCUT2D eigenvalue weighted by molar-refractivity contribution is -0.130. The Morgan fingerprint density at radius 2 is 1.10 bits per heavy atom. The van der Waals surface area contributed by atoms with Gasteiger partial charge in [0.1, 0.15) is 12.5 Å². The molecule has 2 unspecified atom stereocenters. The molecule has 21 heavy (non-hydrogen) atoms. The Hall–Kier alpha value is -0.200. The summed E-state index contributed by atoms with van der Waals surface area (Å²) in [5.74, 6) is 0. The summed E-state index contributed by atoms with van der Waals surface area (Å²) < 4.78 is 17.6. The quantitative estimate of drug-likeness (QED) is 0.616. The van der Waals surface area contributed by atoms with Crippen LogP contribution in [0.4, 0.5) is 0 Å². The fourth-order valence-electron chi connectivity index (χ4n) is 3.23. The predicted octanol–water partition coefficient (Wildman–Crippen LogP) is 1.92. The van der Waals surface area contributed by atoms with E-state index in [1.54, 1.807) is 0 Å². The van der Waals surface area contributed by atoms with Crippen LogP contribution in [0.15, 0.2) is 0 Å². The van der Waals surface area contributed by atoms with E-state index in [-0.39, 0.29) is 12.5 Å². The van der Waals surface area contributed by atoms with Gasteiger partial charge in [0.15, 0.2) is 0 Å². The van der Waals surface area contributed by atoms with Gasteiger partial charge >= 0.3 is 0 Å². The molecule has 0 aromatic heterocycles. The van der Waals surface area contributed by atoms with Crippen LogP contribution in [0.2, 0.25) is 0 Å². The SMILES string of the molecule is CCOC(COCC(OCC)N1CCCC1)N1CCCC1. The number of rotatable bonds is 10. The average molecular weight is 300 g/mol. The Bertz CT molecular complexity index is 240. The third-order valence-electron chi connectivity index (χ3n) is 4.33. The molecular formula is C16H32N2O3. The Morgan fingerprint density at radius 3 is 1.43 bits per heavy atom. The van der Waals surface area contributed by atoms with E-state index in [1.165, 1.54) is 25.7 Å². The normalized spacial score (nSPS) is 23.7. The number of hydrogen-bond donors (Lipinski definition) is 0. The molecule has 0 aliphatic carbocycles. The average Bonchev–Trinajstić information content (AvgIpc) is 3.18. The molecule has 0 saturated carbocycles. The maximum Gasteiger partial charge on any atom is 0.134 e. The Morgan fingerprint density at radius 1 is 0.714 bits per heavy atom. The van der Waals surface area contributed by atoms with Gasteiger partial charge in [-0.15, -0.1) is 0 Å². The maximum atomic E-state index is 5.95. The van der Waals surface area contributed by atoms with Crippen LogP contribution >= 0.6 is 0 Å². The third kappa shape index (κ3) is 5.49. The minimum Gasteiger partial charge on any atom is -0.373 e.